The summed E-state index contributed by atoms with van der Waals surface area (Å²) in [6.45, 7) is 5.36. The first-order chi connectivity index (χ1) is 11.9. The largest absolute Gasteiger partial charge is 0.497 e. The Morgan fingerprint density at radius 1 is 1.20 bits per heavy atom. The Balaban J connectivity index is 1.97. The van der Waals surface area contributed by atoms with Crippen LogP contribution in [0.4, 0.5) is 0 Å². The molecule has 5 nitrogen and oxygen atoms in total. The zero-order chi connectivity index (χ0) is 18.4. The van der Waals surface area contributed by atoms with Crippen molar-refractivity contribution < 1.29 is 14.3 Å². The normalized spacial score (nSPS) is 12.4. The van der Waals surface area contributed by atoms with Crippen LogP contribution in [0.1, 0.15) is 25.0 Å². The highest BCUT2D eigenvalue weighted by atomic mass is 35.5. The standard InChI is InChI=1S/C19H21ClN2O3/c1-12-11-16(20)7-10-18(12)25-14(3)19(23)22-21-13(2)15-5-8-17(24-4)9-6-15/h5-11,14H,1-4H3,(H,22,23). The van der Waals surface area contributed by atoms with Crippen LogP contribution in [0.25, 0.3) is 0 Å². The summed E-state index contributed by atoms with van der Waals surface area (Å²) < 4.78 is 10.8. The van der Waals surface area contributed by atoms with Gasteiger partial charge in [-0.05, 0) is 74.4 Å². The van der Waals surface area contributed by atoms with Gasteiger partial charge in [-0.2, -0.15) is 5.10 Å². The molecule has 1 N–H and O–H groups in total. The number of nitrogens with one attached hydrogen (secondary N) is 1. The maximum Gasteiger partial charge on any atom is 0.280 e. The third kappa shape index (κ3) is 5.22. The summed E-state index contributed by atoms with van der Waals surface area (Å²) in [5.41, 5.74) is 4.97. The number of methoxy groups -OCH3 is 1. The highest BCUT2D eigenvalue weighted by Gasteiger charge is 2.15. The second-order valence-corrected chi connectivity index (χ2v) is 6.01. The number of hydrogen-bond acceptors (Lipinski definition) is 4. The first kappa shape index (κ1) is 18.8. The highest BCUT2D eigenvalue weighted by Crippen LogP contribution is 2.22. The molecule has 0 saturated carbocycles. The van der Waals surface area contributed by atoms with Gasteiger partial charge in [-0.3, -0.25) is 4.79 Å². The van der Waals surface area contributed by atoms with Gasteiger partial charge in [-0.1, -0.05) is 11.6 Å². The van der Waals surface area contributed by atoms with E-state index in [4.69, 9.17) is 21.1 Å². The maximum atomic E-state index is 12.2. The molecule has 2 rings (SSSR count). The van der Waals surface area contributed by atoms with E-state index in [1.165, 1.54) is 0 Å². The summed E-state index contributed by atoms with van der Waals surface area (Å²) in [6, 6.07) is 12.7. The number of hydrogen-bond donors (Lipinski definition) is 1. The first-order valence-electron chi connectivity index (χ1n) is 7.82. The molecule has 0 aromatic heterocycles. The average Bonchev–Trinajstić information content (AvgIpc) is 2.61. The van der Waals surface area contributed by atoms with E-state index in [2.05, 4.69) is 10.5 Å². The predicted octanol–water partition coefficient (Wildman–Crippen LogP) is 3.96. The number of amides is 1. The fourth-order valence-electron chi connectivity index (χ4n) is 2.12. The molecule has 0 aliphatic rings. The lowest BCUT2D eigenvalue weighted by Crippen LogP contribution is -2.34. The molecule has 1 atom stereocenters. The second-order valence-electron chi connectivity index (χ2n) is 5.57. The summed E-state index contributed by atoms with van der Waals surface area (Å²) in [7, 11) is 1.61. The molecule has 0 spiro atoms. The predicted molar refractivity (Wildman–Crippen MR) is 99.6 cm³/mol. The van der Waals surface area contributed by atoms with Crippen LogP contribution in [0, 0.1) is 6.92 Å². The Kier molecular flexibility index (Phi) is 6.42. The fraction of sp³-hybridized carbons (Fsp3) is 0.263. The monoisotopic (exact) mass is 360 g/mol. The van der Waals surface area contributed by atoms with Crippen molar-refractivity contribution in [2.24, 2.45) is 5.10 Å². The minimum atomic E-state index is -0.688. The number of carbonyl (C=O) groups is 1. The molecule has 0 aliphatic carbocycles. The molecule has 0 bridgehead atoms. The molecule has 0 fully saturated rings. The highest BCUT2D eigenvalue weighted by molar-refractivity contribution is 6.30. The number of nitrogens with zero attached hydrogens (tertiary/aromatic N) is 1. The zero-order valence-corrected chi connectivity index (χ0v) is 15.4. The summed E-state index contributed by atoms with van der Waals surface area (Å²) in [5, 5.41) is 4.75. The molecular formula is C19H21ClN2O3. The fourth-order valence-corrected chi connectivity index (χ4v) is 2.34. The number of carbonyl (C=O) groups excluding carboxylic acids is 1. The van der Waals surface area contributed by atoms with Crippen molar-refractivity contribution in [1.82, 2.24) is 5.43 Å². The number of hydrazone groups is 1. The van der Waals surface area contributed by atoms with E-state index in [1.807, 2.05) is 38.1 Å². The van der Waals surface area contributed by atoms with Gasteiger partial charge in [-0.15, -0.1) is 0 Å². The summed E-state index contributed by atoms with van der Waals surface area (Å²) >= 11 is 5.92. The van der Waals surface area contributed by atoms with Gasteiger partial charge < -0.3 is 9.47 Å². The van der Waals surface area contributed by atoms with Crippen molar-refractivity contribution in [2.75, 3.05) is 7.11 Å². The third-order valence-corrected chi connectivity index (χ3v) is 3.89. The van der Waals surface area contributed by atoms with E-state index in [1.54, 1.807) is 32.2 Å². The topological polar surface area (TPSA) is 59.9 Å². The lowest BCUT2D eigenvalue weighted by Gasteiger charge is -2.15. The van der Waals surface area contributed by atoms with E-state index in [-0.39, 0.29) is 5.91 Å². The summed E-state index contributed by atoms with van der Waals surface area (Å²) in [4.78, 5) is 12.2. The van der Waals surface area contributed by atoms with Gasteiger partial charge in [0.2, 0.25) is 0 Å². The third-order valence-electron chi connectivity index (χ3n) is 3.65. The van der Waals surface area contributed by atoms with Crippen LogP contribution < -0.4 is 14.9 Å². The van der Waals surface area contributed by atoms with Gasteiger partial charge in [0.1, 0.15) is 11.5 Å². The number of benzene rings is 2. The Hall–Kier alpha value is -2.53. The summed E-state index contributed by atoms with van der Waals surface area (Å²) in [5.74, 6) is 1.05. The van der Waals surface area contributed by atoms with Gasteiger partial charge >= 0.3 is 0 Å². The molecule has 6 heteroatoms. The van der Waals surface area contributed by atoms with Crippen LogP contribution >= 0.6 is 11.6 Å². The van der Waals surface area contributed by atoms with E-state index in [0.717, 1.165) is 16.9 Å². The molecule has 2 aromatic carbocycles. The van der Waals surface area contributed by atoms with Crippen molar-refractivity contribution >= 4 is 23.2 Å². The number of rotatable bonds is 6. The average molecular weight is 361 g/mol. The first-order valence-corrected chi connectivity index (χ1v) is 8.20. The van der Waals surface area contributed by atoms with E-state index in [0.29, 0.717) is 16.5 Å². The Morgan fingerprint density at radius 3 is 2.48 bits per heavy atom. The Labute approximate surface area is 152 Å². The van der Waals surface area contributed by atoms with Gasteiger partial charge in [-0.25, -0.2) is 5.43 Å². The lowest BCUT2D eigenvalue weighted by molar-refractivity contribution is -0.127. The molecule has 0 radical (unpaired) electrons. The van der Waals surface area contributed by atoms with Gasteiger partial charge in [0.05, 0.1) is 12.8 Å². The van der Waals surface area contributed by atoms with Crippen molar-refractivity contribution in [3.05, 3.63) is 58.6 Å². The van der Waals surface area contributed by atoms with Crippen LogP contribution in [0.15, 0.2) is 47.6 Å². The second kappa shape index (κ2) is 8.53. The van der Waals surface area contributed by atoms with Gasteiger partial charge in [0.15, 0.2) is 6.10 Å². The molecule has 2 aromatic rings. The zero-order valence-electron chi connectivity index (χ0n) is 14.7. The molecule has 0 heterocycles. The van der Waals surface area contributed by atoms with E-state index < -0.39 is 6.10 Å². The molecule has 1 amide bonds. The molecular weight excluding hydrogens is 340 g/mol. The Bertz CT molecular complexity index is 773. The minimum Gasteiger partial charge on any atom is -0.497 e. The number of halogens is 1. The van der Waals surface area contributed by atoms with Crippen molar-refractivity contribution in [3.63, 3.8) is 0 Å². The molecule has 25 heavy (non-hydrogen) atoms. The van der Waals surface area contributed by atoms with Crippen LogP contribution in [0.2, 0.25) is 5.02 Å². The lowest BCUT2D eigenvalue weighted by atomic mass is 10.1. The van der Waals surface area contributed by atoms with E-state index in [9.17, 15) is 4.79 Å². The van der Waals surface area contributed by atoms with Crippen LogP contribution in [0.5, 0.6) is 11.5 Å². The van der Waals surface area contributed by atoms with Gasteiger partial charge in [0.25, 0.3) is 5.91 Å². The minimum absolute atomic E-state index is 0.331. The quantitative estimate of drug-likeness (QED) is 0.626. The molecule has 0 saturated heterocycles. The number of aryl methyl sites for hydroxylation is 1. The molecule has 132 valence electrons. The van der Waals surface area contributed by atoms with Crippen molar-refractivity contribution in [2.45, 2.75) is 26.9 Å². The van der Waals surface area contributed by atoms with E-state index >= 15 is 0 Å². The van der Waals surface area contributed by atoms with Crippen LogP contribution in [0.3, 0.4) is 0 Å². The van der Waals surface area contributed by atoms with Crippen LogP contribution in [-0.4, -0.2) is 24.8 Å². The molecule has 1 unspecified atom stereocenters. The Morgan fingerprint density at radius 2 is 1.88 bits per heavy atom. The molecule has 0 aliphatic heterocycles. The van der Waals surface area contributed by atoms with Crippen molar-refractivity contribution in [3.8, 4) is 11.5 Å². The van der Waals surface area contributed by atoms with Gasteiger partial charge in [0, 0.05) is 5.02 Å². The number of ether oxygens (including phenoxy) is 2. The van der Waals surface area contributed by atoms with Crippen LogP contribution in [-0.2, 0) is 4.79 Å². The SMILES string of the molecule is COc1ccc(C(C)=NNC(=O)C(C)Oc2ccc(Cl)cc2C)cc1. The van der Waals surface area contributed by atoms with Crippen molar-refractivity contribution in [1.29, 1.82) is 0 Å². The maximum absolute atomic E-state index is 12.2. The summed E-state index contributed by atoms with van der Waals surface area (Å²) in [6.07, 6.45) is -0.688. The smallest absolute Gasteiger partial charge is 0.280 e.